The Morgan fingerprint density at radius 1 is 1.00 bits per heavy atom. The number of ether oxygens (including phenoxy) is 1. The summed E-state index contributed by atoms with van der Waals surface area (Å²) < 4.78 is 5.29. The van der Waals surface area contributed by atoms with Crippen LogP contribution >= 0.6 is 0 Å². The maximum atomic E-state index is 12.6. The van der Waals surface area contributed by atoms with E-state index >= 15 is 0 Å². The number of nitrogens with one attached hydrogen (secondary N) is 1. The van der Waals surface area contributed by atoms with Gasteiger partial charge in [-0.1, -0.05) is 48.0 Å². The van der Waals surface area contributed by atoms with Crippen LogP contribution < -0.4 is 5.32 Å². The predicted molar refractivity (Wildman–Crippen MR) is 134 cm³/mol. The first-order chi connectivity index (χ1) is 17.0. The van der Waals surface area contributed by atoms with Gasteiger partial charge in [0.2, 0.25) is 5.91 Å². The Balaban J connectivity index is 1.37. The molecule has 0 unspecified atom stereocenters. The predicted octanol–water partition coefficient (Wildman–Crippen LogP) is 3.94. The zero-order chi connectivity index (χ0) is 24.6. The Bertz CT molecular complexity index is 1260. The van der Waals surface area contributed by atoms with Gasteiger partial charge in [-0.2, -0.15) is 0 Å². The van der Waals surface area contributed by atoms with Crippen LogP contribution in [0.15, 0.2) is 73.1 Å². The van der Waals surface area contributed by atoms with Gasteiger partial charge < -0.3 is 15.0 Å². The van der Waals surface area contributed by atoms with E-state index in [4.69, 9.17) is 4.74 Å². The second-order valence-corrected chi connectivity index (χ2v) is 8.40. The average Bonchev–Trinajstić information content (AvgIpc) is 2.88. The molecule has 1 fully saturated rings. The highest BCUT2D eigenvalue weighted by Gasteiger charge is 2.19. The average molecular weight is 470 g/mol. The van der Waals surface area contributed by atoms with Crippen LogP contribution in [0.1, 0.15) is 37.4 Å². The van der Waals surface area contributed by atoms with Crippen LogP contribution in [0.3, 0.4) is 0 Å². The lowest BCUT2D eigenvalue weighted by molar-refractivity contribution is -0.111. The highest BCUT2D eigenvalue weighted by molar-refractivity contribution is 6.03. The van der Waals surface area contributed by atoms with Crippen molar-refractivity contribution in [3.05, 3.63) is 101 Å². The smallest absolute Gasteiger partial charge is 0.255 e. The lowest BCUT2D eigenvalue weighted by atomic mass is 10.00. The summed E-state index contributed by atoms with van der Waals surface area (Å²) >= 11 is 0. The van der Waals surface area contributed by atoms with Crippen molar-refractivity contribution in [1.29, 1.82) is 0 Å². The van der Waals surface area contributed by atoms with Crippen LogP contribution in [-0.2, 0) is 16.0 Å². The number of ketones is 1. The lowest BCUT2D eigenvalue weighted by Gasteiger charge is -2.26. The number of benzene rings is 2. The molecule has 3 aromatic rings. The minimum absolute atomic E-state index is 0.0478. The second-order valence-electron chi connectivity index (χ2n) is 8.40. The van der Waals surface area contributed by atoms with Crippen molar-refractivity contribution in [2.24, 2.45) is 0 Å². The van der Waals surface area contributed by atoms with Gasteiger partial charge in [0.25, 0.3) is 5.91 Å². The van der Waals surface area contributed by atoms with Gasteiger partial charge in [0.05, 0.1) is 30.7 Å². The van der Waals surface area contributed by atoms with Gasteiger partial charge in [-0.15, -0.1) is 0 Å². The molecule has 4 rings (SSSR count). The summed E-state index contributed by atoms with van der Waals surface area (Å²) in [7, 11) is 0. The lowest BCUT2D eigenvalue weighted by Crippen LogP contribution is -2.40. The van der Waals surface area contributed by atoms with E-state index in [9.17, 15) is 14.4 Å². The van der Waals surface area contributed by atoms with E-state index < -0.39 is 0 Å². The topological polar surface area (TPSA) is 88.6 Å². The zero-order valence-electron chi connectivity index (χ0n) is 19.6. The van der Waals surface area contributed by atoms with E-state index in [0.29, 0.717) is 43.1 Å². The van der Waals surface area contributed by atoms with Crippen LogP contribution in [0.2, 0.25) is 0 Å². The zero-order valence-corrected chi connectivity index (χ0v) is 19.6. The van der Waals surface area contributed by atoms with Crippen LogP contribution in [-0.4, -0.2) is 53.8 Å². The molecule has 0 spiro atoms. The Morgan fingerprint density at radius 2 is 1.80 bits per heavy atom. The summed E-state index contributed by atoms with van der Waals surface area (Å²) in [6.45, 7) is 4.06. The fraction of sp³-hybridized carbons (Fsp3) is 0.214. The number of morpholine rings is 1. The Labute approximate surface area is 204 Å². The molecule has 0 aliphatic carbocycles. The largest absolute Gasteiger partial charge is 0.378 e. The number of hydrogen-bond donors (Lipinski definition) is 1. The molecule has 2 amide bonds. The van der Waals surface area contributed by atoms with E-state index in [1.54, 1.807) is 17.0 Å². The summed E-state index contributed by atoms with van der Waals surface area (Å²) in [5, 5.41) is 2.75. The van der Waals surface area contributed by atoms with E-state index in [1.165, 1.54) is 18.5 Å². The normalized spacial score (nSPS) is 13.6. The number of carbonyl (C=O) groups is 3. The summed E-state index contributed by atoms with van der Waals surface area (Å²) in [5.41, 5.74) is 4.27. The van der Waals surface area contributed by atoms with Crippen molar-refractivity contribution in [1.82, 2.24) is 9.88 Å². The van der Waals surface area contributed by atoms with Gasteiger partial charge >= 0.3 is 0 Å². The van der Waals surface area contributed by atoms with Crippen LogP contribution in [0.25, 0.3) is 6.08 Å². The molecular formula is C28H27N3O4. The van der Waals surface area contributed by atoms with Crippen molar-refractivity contribution in [3.63, 3.8) is 0 Å². The number of amides is 2. The van der Waals surface area contributed by atoms with Crippen molar-refractivity contribution < 1.29 is 19.1 Å². The van der Waals surface area contributed by atoms with Gasteiger partial charge in [-0.25, -0.2) is 0 Å². The van der Waals surface area contributed by atoms with Gasteiger partial charge in [0.15, 0.2) is 5.78 Å². The van der Waals surface area contributed by atoms with Crippen LogP contribution in [0.5, 0.6) is 0 Å². The number of aryl methyl sites for hydroxylation is 1. The summed E-state index contributed by atoms with van der Waals surface area (Å²) in [4.78, 5) is 43.5. The summed E-state index contributed by atoms with van der Waals surface area (Å²) in [6, 6.07) is 16.7. The second kappa shape index (κ2) is 11.4. The first-order valence-corrected chi connectivity index (χ1v) is 11.5. The molecule has 1 aliphatic rings. The first kappa shape index (κ1) is 24.0. The number of rotatable bonds is 7. The summed E-state index contributed by atoms with van der Waals surface area (Å²) in [6.07, 6.45) is 6.38. The molecule has 2 aromatic carbocycles. The monoisotopic (exact) mass is 469 g/mol. The van der Waals surface area contributed by atoms with Gasteiger partial charge in [0, 0.05) is 37.3 Å². The molecule has 7 nitrogen and oxygen atoms in total. The van der Waals surface area contributed by atoms with Crippen molar-refractivity contribution in [2.75, 3.05) is 31.6 Å². The van der Waals surface area contributed by atoms with E-state index in [0.717, 1.165) is 16.7 Å². The minimum Gasteiger partial charge on any atom is -0.378 e. The molecular weight excluding hydrogens is 442 g/mol. The van der Waals surface area contributed by atoms with E-state index in [2.05, 4.69) is 10.3 Å². The van der Waals surface area contributed by atoms with Crippen molar-refractivity contribution in [2.45, 2.75) is 13.3 Å². The molecule has 2 heterocycles. The molecule has 0 bridgehead atoms. The minimum atomic E-state index is -0.344. The molecule has 0 radical (unpaired) electrons. The molecule has 0 saturated carbocycles. The third kappa shape index (κ3) is 6.71. The van der Waals surface area contributed by atoms with Gasteiger partial charge in [-0.05, 0) is 36.3 Å². The number of carbonyl (C=O) groups excluding carboxylic acids is 3. The number of hydrogen-bond acceptors (Lipinski definition) is 5. The molecule has 1 aliphatic heterocycles. The van der Waals surface area contributed by atoms with Crippen molar-refractivity contribution >= 4 is 29.4 Å². The molecule has 35 heavy (non-hydrogen) atoms. The molecule has 7 heteroatoms. The molecule has 1 aromatic heterocycles. The maximum Gasteiger partial charge on any atom is 0.255 e. The van der Waals surface area contributed by atoms with E-state index in [1.807, 2.05) is 55.5 Å². The Kier molecular flexibility index (Phi) is 7.80. The van der Waals surface area contributed by atoms with Gasteiger partial charge in [0.1, 0.15) is 0 Å². The van der Waals surface area contributed by atoms with Crippen LogP contribution in [0.4, 0.5) is 5.69 Å². The highest BCUT2D eigenvalue weighted by atomic mass is 16.5. The van der Waals surface area contributed by atoms with Crippen molar-refractivity contribution in [3.8, 4) is 0 Å². The quantitative estimate of drug-likeness (QED) is 0.418. The number of pyridine rings is 1. The SMILES string of the molecule is Cc1cccc(C(=O)Cc2cccc(/C=C/C(=O)Nc3cncc(C(=O)N4CCOCC4)c3)c2)c1. The molecule has 178 valence electrons. The molecule has 0 atom stereocenters. The third-order valence-corrected chi connectivity index (χ3v) is 5.63. The fourth-order valence-electron chi connectivity index (χ4n) is 3.84. The number of anilines is 1. The highest BCUT2D eigenvalue weighted by Crippen LogP contribution is 2.14. The standard InChI is InChI=1S/C28H27N3O4/c1-20-4-2-7-23(14-20)26(32)16-22-6-3-5-21(15-22)8-9-27(33)30-25-17-24(18-29-19-25)28(34)31-10-12-35-13-11-31/h2-9,14-15,17-19H,10-13,16H2,1H3,(H,30,33)/b9-8+. The Morgan fingerprint density at radius 3 is 2.60 bits per heavy atom. The molecule has 1 saturated heterocycles. The number of Topliss-reactive ketones (excluding diaryl/α,β-unsaturated/α-hetero) is 1. The maximum absolute atomic E-state index is 12.6. The fourth-order valence-corrected chi connectivity index (χ4v) is 3.84. The van der Waals surface area contributed by atoms with E-state index in [-0.39, 0.29) is 24.0 Å². The third-order valence-electron chi connectivity index (χ3n) is 5.63. The van der Waals surface area contributed by atoms with Gasteiger partial charge in [-0.3, -0.25) is 19.4 Å². The summed E-state index contributed by atoms with van der Waals surface area (Å²) in [5.74, 6) is -0.431. The van der Waals surface area contributed by atoms with Crippen LogP contribution in [0, 0.1) is 6.92 Å². The first-order valence-electron chi connectivity index (χ1n) is 11.5. The molecule has 1 N–H and O–H groups in total. The Hall–Kier alpha value is -4.10. The number of nitrogens with zero attached hydrogens (tertiary/aromatic N) is 2. The number of aromatic nitrogens is 1.